The van der Waals surface area contributed by atoms with E-state index in [0.29, 0.717) is 15.8 Å². The van der Waals surface area contributed by atoms with Crippen molar-refractivity contribution >= 4 is 30.4 Å². The van der Waals surface area contributed by atoms with E-state index in [9.17, 15) is 19.8 Å². The third-order valence-electron chi connectivity index (χ3n) is 5.03. The second-order valence-electron chi connectivity index (χ2n) is 8.14. The van der Waals surface area contributed by atoms with Crippen LogP contribution < -0.4 is 0 Å². The van der Waals surface area contributed by atoms with Gasteiger partial charge in [-0.1, -0.05) is 43.8 Å². The van der Waals surface area contributed by atoms with E-state index in [1.165, 1.54) is 23.9 Å². The molecule has 1 saturated heterocycles. The first-order valence-electron chi connectivity index (χ1n) is 9.51. The first-order valence-corrected chi connectivity index (χ1v) is 11.9. The van der Waals surface area contributed by atoms with Crippen LogP contribution in [0.3, 0.4) is 0 Å². The molecule has 0 radical (unpaired) electrons. The van der Waals surface area contributed by atoms with E-state index in [1.54, 1.807) is 12.1 Å². The Hall–Kier alpha value is -1.96. The van der Waals surface area contributed by atoms with Crippen molar-refractivity contribution in [2.45, 2.75) is 31.3 Å². The molecule has 9 heteroatoms. The van der Waals surface area contributed by atoms with Crippen LogP contribution in [0.15, 0.2) is 58.3 Å². The van der Waals surface area contributed by atoms with Crippen LogP contribution in [0, 0.1) is 15.5 Å². The highest BCUT2D eigenvalue weighted by atomic mass is 32.2. The summed E-state index contributed by atoms with van der Waals surface area (Å²) in [7, 11) is -3.69. The Bertz CT molecular complexity index is 1050. The van der Waals surface area contributed by atoms with Gasteiger partial charge in [0.15, 0.2) is 0 Å². The van der Waals surface area contributed by atoms with Gasteiger partial charge in [0, 0.05) is 33.8 Å². The fraction of sp³-hybridized carbons (Fsp3) is 0.333. The third-order valence-corrected chi connectivity index (χ3v) is 8.40. The molecule has 0 bridgehead atoms. The first kappa shape index (κ1) is 21.3. The maximum atomic E-state index is 13.8. The molecule has 4 rings (SSSR count). The minimum atomic E-state index is -3.69. The smallest absolute Gasteiger partial charge is 0.362 e. The normalized spacial score (nSPS) is 24.0. The SMILES string of the molecule is CC1(C)COP(=O)(/C(=C2\CC(O)c3ccccc3S2)c2ccc([N+](=O)[O-])cc2)OC1. The summed E-state index contributed by atoms with van der Waals surface area (Å²) in [6.45, 7) is 4.45. The van der Waals surface area contributed by atoms with Crippen molar-refractivity contribution < 1.29 is 23.6 Å². The van der Waals surface area contributed by atoms with Gasteiger partial charge in [-0.15, -0.1) is 0 Å². The van der Waals surface area contributed by atoms with Gasteiger partial charge < -0.3 is 14.2 Å². The van der Waals surface area contributed by atoms with E-state index in [-0.39, 0.29) is 30.7 Å². The zero-order valence-electron chi connectivity index (χ0n) is 16.6. The quantitative estimate of drug-likeness (QED) is 0.363. The molecule has 2 aliphatic rings. The molecule has 0 aromatic heterocycles. The van der Waals surface area contributed by atoms with Crippen molar-refractivity contribution in [2.75, 3.05) is 13.2 Å². The van der Waals surface area contributed by atoms with Crippen molar-refractivity contribution in [2.24, 2.45) is 5.41 Å². The summed E-state index contributed by atoms with van der Waals surface area (Å²) >= 11 is 1.42. The zero-order chi connectivity index (χ0) is 21.5. The largest absolute Gasteiger partial charge is 0.388 e. The highest BCUT2D eigenvalue weighted by Gasteiger charge is 2.43. The molecule has 2 aromatic rings. The molecule has 0 spiro atoms. The molecule has 2 heterocycles. The van der Waals surface area contributed by atoms with Crippen molar-refractivity contribution in [3.63, 3.8) is 0 Å². The molecule has 158 valence electrons. The molecule has 1 N–H and O–H groups in total. The summed E-state index contributed by atoms with van der Waals surface area (Å²) in [4.78, 5) is 12.1. The molecule has 1 unspecified atom stereocenters. The fourth-order valence-corrected chi connectivity index (χ4v) is 7.29. The Balaban J connectivity index is 1.83. The standard InChI is InChI=1S/C21H22NO6PS/c1-21(2)12-27-29(26,28-13-21)20(14-7-9-15(10-8-14)22(24)25)19-11-17(23)16-5-3-4-6-18(16)30-19/h3-10,17,23H,11-13H2,1-2H3/b20-19+. The number of hydrogen-bond acceptors (Lipinski definition) is 7. The third kappa shape index (κ3) is 4.11. The number of nitro groups is 1. The van der Waals surface area contributed by atoms with Crippen LogP contribution in [0.2, 0.25) is 0 Å². The maximum Gasteiger partial charge on any atom is 0.362 e. The van der Waals surface area contributed by atoms with Gasteiger partial charge in [0.1, 0.15) is 0 Å². The van der Waals surface area contributed by atoms with Crippen molar-refractivity contribution in [3.05, 3.63) is 74.7 Å². The van der Waals surface area contributed by atoms with Crippen molar-refractivity contribution in [3.8, 4) is 0 Å². The lowest BCUT2D eigenvalue weighted by Gasteiger charge is -2.36. The van der Waals surface area contributed by atoms with Crippen molar-refractivity contribution in [1.29, 1.82) is 0 Å². The molecule has 7 nitrogen and oxygen atoms in total. The van der Waals surface area contributed by atoms with Gasteiger partial charge >= 0.3 is 7.60 Å². The number of nitrogens with zero attached hydrogens (tertiary/aromatic N) is 1. The molecule has 1 atom stereocenters. The second-order valence-corrected chi connectivity index (χ2v) is 11.2. The highest BCUT2D eigenvalue weighted by molar-refractivity contribution is 8.03. The zero-order valence-corrected chi connectivity index (χ0v) is 18.3. The van der Waals surface area contributed by atoms with Gasteiger partial charge in [0.05, 0.1) is 29.6 Å². The molecule has 2 aliphatic heterocycles. The van der Waals surface area contributed by atoms with Crippen LogP contribution in [0.4, 0.5) is 5.69 Å². The van der Waals surface area contributed by atoms with Gasteiger partial charge in [0.2, 0.25) is 0 Å². The van der Waals surface area contributed by atoms with Gasteiger partial charge in [-0.2, -0.15) is 0 Å². The fourth-order valence-electron chi connectivity index (χ4n) is 3.39. The summed E-state index contributed by atoms with van der Waals surface area (Å²) in [5.74, 6) is 0. The second kappa shape index (κ2) is 7.94. The predicted molar refractivity (Wildman–Crippen MR) is 115 cm³/mol. The molecule has 2 aromatic carbocycles. The molecule has 0 saturated carbocycles. The Morgan fingerprint density at radius 2 is 1.80 bits per heavy atom. The molecular formula is C21H22NO6PS. The topological polar surface area (TPSA) is 98.9 Å². The highest BCUT2D eigenvalue weighted by Crippen LogP contribution is 2.67. The number of nitro benzene ring substituents is 1. The molecule has 1 fully saturated rings. The lowest BCUT2D eigenvalue weighted by atomic mass is 9.97. The molecular weight excluding hydrogens is 425 g/mol. The summed E-state index contributed by atoms with van der Waals surface area (Å²) in [5.41, 5.74) is 1.01. The van der Waals surface area contributed by atoms with Crippen LogP contribution in [-0.2, 0) is 13.6 Å². The maximum absolute atomic E-state index is 13.8. The number of hydrogen-bond donors (Lipinski definition) is 1. The van der Waals surface area contributed by atoms with E-state index in [4.69, 9.17) is 9.05 Å². The molecule has 0 amide bonds. The monoisotopic (exact) mass is 447 g/mol. The van der Waals surface area contributed by atoms with Crippen LogP contribution >= 0.6 is 19.4 Å². The van der Waals surface area contributed by atoms with Gasteiger partial charge in [0.25, 0.3) is 5.69 Å². The lowest BCUT2D eigenvalue weighted by molar-refractivity contribution is -0.384. The average Bonchev–Trinajstić information content (AvgIpc) is 2.71. The molecule has 0 aliphatic carbocycles. The van der Waals surface area contributed by atoms with Crippen LogP contribution in [-0.4, -0.2) is 23.2 Å². The first-order chi connectivity index (χ1) is 14.2. The van der Waals surface area contributed by atoms with Crippen LogP contribution in [0.5, 0.6) is 0 Å². The summed E-state index contributed by atoms with van der Waals surface area (Å²) < 4.78 is 25.4. The summed E-state index contributed by atoms with van der Waals surface area (Å²) in [6, 6.07) is 13.4. The van der Waals surface area contributed by atoms with Crippen LogP contribution in [0.25, 0.3) is 5.31 Å². The minimum Gasteiger partial charge on any atom is -0.388 e. The van der Waals surface area contributed by atoms with E-state index in [0.717, 1.165) is 10.5 Å². The Morgan fingerprint density at radius 3 is 2.43 bits per heavy atom. The van der Waals surface area contributed by atoms with Crippen LogP contribution in [0.1, 0.15) is 37.5 Å². The number of aliphatic hydroxyl groups is 1. The lowest BCUT2D eigenvalue weighted by Crippen LogP contribution is -2.29. The number of non-ortho nitro benzene ring substituents is 1. The van der Waals surface area contributed by atoms with Crippen molar-refractivity contribution in [1.82, 2.24) is 0 Å². The van der Waals surface area contributed by atoms with E-state index < -0.39 is 18.6 Å². The van der Waals surface area contributed by atoms with Gasteiger partial charge in [-0.05, 0) is 29.3 Å². The average molecular weight is 447 g/mol. The van der Waals surface area contributed by atoms with E-state index >= 15 is 0 Å². The Kier molecular flexibility index (Phi) is 5.64. The number of benzene rings is 2. The number of fused-ring (bicyclic) bond motifs is 1. The minimum absolute atomic E-state index is 0.0605. The Morgan fingerprint density at radius 1 is 1.17 bits per heavy atom. The number of rotatable bonds is 3. The van der Waals surface area contributed by atoms with Gasteiger partial charge in [-0.25, -0.2) is 0 Å². The van der Waals surface area contributed by atoms with E-state index in [2.05, 4.69) is 0 Å². The summed E-state index contributed by atoms with van der Waals surface area (Å²) in [6.07, 6.45) is -0.494. The Labute approximate surface area is 178 Å². The predicted octanol–water partition coefficient (Wildman–Crippen LogP) is 5.76. The van der Waals surface area contributed by atoms with E-state index in [1.807, 2.05) is 38.1 Å². The number of aliphatic hydroxyl groups excluding tert-OH is 1. The summed E-state index contributed by atoms with van der Waals surface area (Å²) in [5, 5.41) is 22.1. The number of thioether (sulfide) groups is 1. The molecule has 30 heavy (non-hydrogen) atoms. The van der Waals surface area contributed by atoms with Gasteiger partial charge in [-0.3, -0.25) is 14.7 Å².